The van der Waals surface area contributed by atoms with Gasteiger partial charge in [0.15, 0.2) is 6.10 Å². The van der Waals surface area contributed by atoms with Crippen molar-refractivity contribution in [2.45, 2.75) is 12.5 Å². The van der Waals surface area contributed by atoms with E-state index < -0.39 is 16.9 Å². The van der Waals surface area contributed by atoms with Crippen molar-refractivity contribution < 1.29 is 19.2 Å². The van der Waals surface area contributed by atoms with Gasteiger partial charge in [0, 0.05) is 23.6 Å². The standard InChI is InChI=1S/C16H13ClN2O5/c1-23-14-5-3-11(19(21)22)8-12(14)18-16(20)15-7-9-6-10(17)2-4-13(9)24-15/h2-6,8,15H,7H2,1H3,(H,18,20)/t15-/m0/s1. The van der Waals surface area contributed by atoms with Crippen LogP contribution in [0.5, 0.6) is 11.5 Å². The summed E-state index contributed by atoms with van der Waals surface area (Å²) in [5.74, 6) is 0.513. The summed E-state index contributed by atoms with van der Waals surface area (Å²) in [6, 6.07) is 9.12. The minimum atomic E-state index is -0.734. The van der Waals surface area contributed by atoms with Crippen molar-refractivity contribution in [3.8, 4) is 11.5 Å². The number of halogens is 1. The quantitative estimate of drug-likeness (QED) is 0.676. The number of non-ortho nitro benzene ring substituents is 1. The maximum atomic E-state index is 12.4. The van der Waals surface area contributed by atoms with E-state index in [1.54, 1.807) is 18.2 Å². The number of anilines is 1. The van der Waals surface area contributed by atoms with Crippen LogP contribution >= 0.6 is 11.6 Å². The van der Waals surface area contributed by atoms with E-state index in [-0.39, 0.29) is 11.4 Å². The Morgan fingerprint density at radius 1 is 1.38 bits per heavy atom. The number of rotatable bonds is 4. The Hall–Kier alpha value is -2.80. The molecule has 8 heteroatoms. The smallest absolute Gasteiger partial charge is 0.271 e. The third kappa shape index (κ3) is 3.11. The van der Waals surface area contributed by atoms with Crippen molar-refractivity contribution in [2.75, 3.05) is 12.4 Å². The molecule has 124 valence electrons. The highest BCUT2D eigenvalue weighted by atomic mass is 35.5. The number of carbonyl (C=O) groups excluding carboxylic acids is 1. The zero-order chi connectivity index (χ0) is 17.3. The predicted octanol–water partition coefficient (Wildman–Crippen LogP) is 3.20. The van der Waals surface area contributed by atoms with Gasteiger partial charge in [0.2, 0.25) is 0 Å². The van der Waals surface area contributed by atoms with Crippen LogP contribution < -0.4 is 14.8 Å². The SMILES string of the molecule is COc1ccc([N+](=O)[O-])cc1NC(=O)[C@@H]1Cc2cc(Cl)ccc2O1. The Bertz CT molecular complexity index is 824. The fraction of sp³-hybridized carbons (Fsp3) is 0.188. The maximum absolute atomic E-state index is 12.4. The topological polar surface area (TPSA) is 90.7 Å². The minimum absolute atomic E-state index is 0.145. The lowest BCUT2D eigenvalue weighted by molar-refractivity contribution is -0.384. The summed E-state index contributed by atoms with van der Waals surface area (Å²) in [5, 5.41) is 14.1. The number of hydrogen-bond acceptors (Lipinski definition) is 5. The minimum Gasteiger partial charge on any atom is -0.495 e. The molecule has 0 aliphatic carbocycles. The van der Waals surface area contributed by atoms with Crippen LogP contribution in [0.15, 0.2) is 36.4 Å². The van der Waals surface area contributed by atoms with Crippen molar-refractivity contribution in [1.82, 2.24) is 0 Å². The molecule has 24 heavy (non-hydrogen) atoms. The Balaban J connectivity index is 1.78. The van der Waals surface area contributed by atoms with Gasteiger partial charge in [0.05, 0.1) is 17.7 Å². The number of nitro groups is 1. The summed E-state index contributed by atoms with van der Waals surface area (Å²) in [6.07, 6.45) is -0.360. The molecular formula is C16H13ClN2O5. The van der Waals surface area contributed by atoms with Crippen LogP contribution in [0.2, 0.25) is 5.02 Å². The number of fused-ring (bicyclic) bond motifs is 1. The molecule has 0 radical (unpaired) electrons. The summed E-state index contributed by atoms with van der Waals surface area (Å²) >= 11 is 5.93. The van der Waals surface area contributed by atoms with Crippen LogP contribution in [0.25, 0.3) is 0 Å². The van der Waals surface area contributed by atoms with Gasteiger partial charge in [0.1, 0.15) is 11.5 Å². The van der Waals surface area contributed by atoms with Gasteiger partial charge in [-0.25, -0.2) is 0 Å². The molecule has 1 aliphatic rings. The van der Waals surface area contributed by atoms with Gasteiger partial charge >= 0.3 is 0 Å². The molecule has 0 fully saturated rings. The first-order valence-electron chi connectivity index (χ1n) is 7.06. The second-order valence-corrected chi connectivity index (χ2v) is 5.63. The highest BCUT2D eigenvalue weighted by Crippen LogP contribution is 2.33. The van der Waals surface area contributed by atoms with E-state index >= 15 is 0 Å². The molecule has 1 atom stereocenters. The summed E-state index contributed by atoms with van der Waals surface area (Å²) in [6.45, 7) is 0. The first-order chi connectivity index (χ1) is 11.5. The fourth-order valence-electron chi connectivity index (χ4n) is 2.48. The molecule has 0 aromatic heterocycles. The summed E-state index contributed by atoms with van der Waals surface area (Å²) in [5.41, 5.74) is 0.913. The van der Waals surface area contributed by atoms with Gasteiger partial charge in [-0.3, -0.25) is 14.9 Å². The van der Waals surface area contributed by atoms with E-state index in [0.29, 0.717) is 22.9 Å². The number of carbonyl (C=O) groups is 1. The maximum Gasteiger partial charge on any atom is 0.271 e. The average molecular weight is 349 g/mol. The van der Waals surface area contributed by atoms with Crippen LogP contribution in [0.3, 0.4) is 0 Å². The van der Waals surface area contributed by atoms with Crippen molar-refractivity contribution in [3.05, 3.63) is 57.1 Å². The average Bonchev–Trinajstić information content (AvgIpc) is 2.97. The Labute approximate surface area is 142 Å². The van der Waals surface area contributed by atoms with Crippen molar-refractivity contribution in [3.63, 3.8) is 0 Å². The van der Waals surface area contributed by atoms with E-state index in [4.69, 9.17) is 21.1 Å². The highest BCUT2D eigenvalue weighted by molar-refractivity contribution is 6.30. The van der Waals surface area contributed by atoms with Gasteiger partial charge in [0.25, 0.3) is 11.6 Å². The molecule has 0 bridgehead atoms. The molecule has 0 unspecified atom stereocenters. The molecule has 7 nitrogen and oxygen atoms in total. The second-order valence-electron chi connectivity index (χ2n) is 5.19. The van der Waals surface area contributed by atoms with E-state index in [0.717, 1.165) is 5.56 Å². The molecular weight excluding hydrogens is 336 g/mol. The first kappa shape index (κ1) is 16.1. The van der Waals surface area contributed by atoms with E-state index in [9.17, 15) is 14.9 Å². The number of ether oxygens (including phenoxy) is 2. The van der Waals surface area contributed by atoms with Gasteiger partial charge in [-0.15, -0.1) is 0 Å². The zero-order valence-corrected chi connectivity index (χ0v) is 13.4. The largest absolute Gasteiger partial charge is 0.495 e. The van der Waals surface area contributed by atoms with E-state index in [2.05, 4.69) is 5.32 Å². The number of nitrogens with one attached hydrogen (secondary N) is 1. The molecule has 1 amide bonds. The number of amides is 1. The molecule has 2 aromatic carbocycles. The molecule has 0 spiro atoms. The number of methoxy groups -OCH3 is 1. The number of nitro benzene ring substituents is 1. The van der Waals surface area contributed by atoms with Gasteiger partial charge < -0.3 is 14.8 Å². The third-order valence-electron chi connectivity index (χ3n) is 3.64. The number of nitrogens with zero attached hydrogens (tertiary/aromatic N) is 1. The third-order valence-corrected chi connectivity index (χ3v) is 3.88. The molecule has 1 aliphatic heterocycles. The molecule has 0 saturated heterocycles. The van der Waals surface area contributed by atoms with Gasteiger partial charge in [-0.2, -0.15) is 0 Å². The summed E-state index contributed by atoms with van der Waals surface area (Å²) in [4.78, 5) is 22.8. The van der Waals surface area contributed by atoms with Crippen LogP contribution in [-0.4, -0.2) is 24.0 Å². The lowest BCUT2D eigenvalue weighted by Gasteiger charge is -2.13. The lowest BCUT2D eigenvalue weighted by atomic mass is 10.1. The normalized spacial score (nSPS) is 15.3. The van der Waals surface area contributed by atoms with E-state index in [1.807, 2.05) is 0 Å². The Morgan fingerprint density at radius 3 is 2.88 bits per heavy atom. The Morgan fingerprint density at radius 2 is 2.17 bits per heavy atom. The summed E-state index contributed by atoms with van der Waals surface area (Å²) < 4.78 is 10.7. The van der Waals surface area contributed by atoms with Gasteiger partial charge in [-0.05, 0) is 29.8 Å². The monoisotopic (exact) mass is 348 g/mol. The fourth-order valence-corrected chi connectivity index (χ4v) is 2.68. The summed E-state index contributed by atoms with van der Waals surface area (Å²) in [7, 11) is 1.42. The molecule has 0 saturated carbocycles. The highest BCUT2D eigenvalue weighted by Gasteiger charge is 2.30. The van der Waals surface area contributed by atoms with Crippen molar-refractivity contribution >= 4 is 28.9 Å². The van der Waals surface area contributed by atoms with Crippen LogP contribution in [0.1, 0.15) is 5.56 Å². The molecule has 2 aromatic rings. The van der Waals surface area contributed by atoms with Crippen LogP contribution in [-0.2, 0) is 11.2 Å². The lowest BCUT2D eigenvalue weighted by Crippen LogP contribution is -2.31. The molecule has 1 N–H and O–H groups in total. The Kier molecular flexibility index (Phi) is 4.26. The van der Waals surface area contributed by atoms with Crippen LogP contribution in [0, 0.1) is 10.1 Å². The second kappa shape index (κ2) is 6.37. The van der Waals surface area contributed by atoms with Crippen molar-refractivity contribution in [2.24, 2.45) is 0 Å². The first-order valence-corrected chi connectivity index (χ1v) is 7.44. The number of benzene rings is 2. The van der Waals surface area contributed by atoms with E-state index in [1.165, 1.54) is 25.3 Å². The molecule has 1 heterocycles. The zero-order valence-electron chi connectivity index (χ0n) is 12.6. The van der Waals surface area contributed by atoms with Gasteiger partial charge in [-0.1, -0.05) is 11.6 Å². The molecule has 3 rings (SSSR count). The number of hydrogen-bond donors (Lipinski definition) is 1. The predicted molar refractivity (Wildman–Crippen MR) is 87.9 cm³/mol. The van der Waals surface area contributed by atoms with Crippen LogP contribution in [0.4, 0.5) is 11.4 Å². The van der Waals surface area contributed by atoms with Crippen molar-refractivity contribution in [1.29, 1.82) is 0 Å².